The Labute approximate surface area is 244 Å². The second-order valence-electron chi connectivity index (χ2n) is 10.6. The summed E-state index contributed by atoms with van der Waals surface area (Å²) in [6.45, 7) is 8.48. The molecule has 0 bridgehead atoms. The molecule has 0 N–H and O–H groups in total. The first-order valence-electron chi connectivity index (χ1n) is 13.9. The van der Waals surface area contributed by atoms with E-state index in [4.69, 9.17) is 9.97 Å². The lowest BCUT2D eigenvalue weighted by Crippen LogP contribution is -2.24. The zero-order valence-electron chi connectivity index (χ0n) is 23.8. The van der Waals surface area contributed by atoms with Gasteiger partial charge >= 0.3 is 0 Å². The van der Waals surface area contributed by atoms with E-state index in [2.05, 4.69) is 89.9 Å². The minimum Gasteiger partial charge on any atom is -0.287 e. The molecule has 0 radical (unpaired) electrons. The van der Waals surface area contributed by atoms with E-state index < -0.39 is 0 Å². The van der Waals surface area contributed by atoms with Crippen LogP contribution in [-0.4, -0.2) is 25.7 Å². The highest BCUT2D eigenvalue weighted by Gasteiger charge is 2.39. The van der Waals surface area contributed by atoms with E-state index >= 15 is 0 Å². The topological polar surface area (TPSA) is 75.1 Å². The summed E-state index contributed by atoms with van der Waals surface area (Å²) in [5.41, 5.74) is 9.97. The minimum absolute atomic E-state index is 0.148. The lowest BCUT2D eigenvalue weighted by molar-refractivity contribution is 0.104. The Morgan fingerprint density at radius 3 is 1.62 bits per heavy atom. The number of anilines is 4. The zero-order valence-corrected chi connectivity index (χ0v) is 23.8. The number of nitrogens with zero attached hydrogens (tertiary/aromatic N) is 6. The first kappa shape index (κ1) is 25.5. The Morgan fingerprint density at radius 1 is 0.595 bits per heavy atom. The number of hydrogen-bond donors (Lipinski definition) is 0. The van der Waals surface area contributed by atoms with Crippen LogP contribution >= 0.6 is 0 Å². The Balaban J connectivity index is 1.55. The van der Waals surface area contributed by atoms with Gasteiger partial charge in [0.15, 0.2) is 11.6 Å². The summed E-state index contributed by atoms with van der Waals surface area (Å²) < 4.78 is 0. The largest absolute Gasteiger partial charge is 0.287 e. The van der Waals surface area contributed by atoms with Gasteiger partial charge in [-0.15, -0.1) is 0 Å². The Hall–Kier alpha value is -5.43. The van der Waals surface area contributed by atoms with E-state index in [1.807, 2.05) is 30.3 Å². The molecule has 7 nitrogen and oxygen atoms in total. The van der Waals surface area contributed by atoms with Crippen molar-refractivity contribution in [3.8, 4) is 0 Å². The fraction of sp³-hybridized carbons (Fsp3) is 0.114. The Morgan fingerprint density at radius 2 is 1.10 bits per heavy atom. The van der Waals surface area contributed by atoms with Crippen molar-refractivity contribution in [3.05, 3.63) is 137 Å². The summed E-state index contributed by atoms with van der Waals surface area (Å²) in [6, 6.07) is 20.6. The van der Waals surface area contributed by atoms with Crippen molar-refractivity contribution < 1.29 is 4.79 Å². The maximum Gasteiger partial charge on any atom is 0.206 e. The highest BCUT2D eigenvalue weighted by atomic mass is 16.1. The van der Waals surface area contributed by atoms with E-state index in [9.17, 15) is 4.79 Å². The van der Waals surface area contributed by atoms with Gasteiger partial charge in [-0.05, 0) is 86.4 Å². The van der Waals surface area contributed by atoms with Gasteiger partial charge in [-0.3, -0.25) is 19.6 Å². The normalized spacial score (nSPS) is 15.0. The van der Waals surface area contributed by atoms with E-state index in [0.29, 0.717) is 11.4 Å². The van der Waals surface area contributed by atoms with Gasteiger partial charge in [0.25, 0.3) is 0 Å². The molecule has 0 unspecified atom stereocenters. The molecule has 204 valence electrons. The number of aromatic nitrogens is 4. The second-order valence-corrected chi connectivity index (χ2v) is 10.6. The highest BCUT2D eigenvalue weighted by Crippen LogP contribution is 2.51. The fourth-order valence-corrected chi connectivity index (χ4v) is 5.86. The molecule has 3 heterocycles. The smallest absolute Gasteiger partial charge is 0.206 e. The highest BCUT2D eigenvalue weighted by molar-refractivity contribution is 6.10. The van der Waals surface area contributed by atoms with Crippen molar-refractivity contribution in [2.45, 2.75) is 27.7 Å². The molecular weight excluding hydrogens is 520 g/mol. The first-order chi connectivity index (χ1) is 20.4. The third-order valence-electron chi connectivity index (χ3n) is 7.77. The standard InChI is InChI=1S/C35H28N6O/c1-21-9-7-10-22(2)32(21)40-29(18-16-25-15-17-28(42)31-30(25)36-19-20-37-31)41(33-23(3)11-8-12-24(33)4)35-34(40)38-26-13-5-6-14-27(26)39-35/h5-20H,1-4H3/b25-16-. The van der Waals surface area contributed by atoms with Crippen LogP contribution in [-0.2, 0) is 0 Å². The number of rotatable bonds is 3. The summed E-state index contributed by atoms with van der Waals surface area (Å²) in [4.78, 5) is 36.1. The van der Waals surface area contributed by atoms with Gasteiger partial charge < -0.3 is 0 Å². The van der Waals surface area contributed by atoms with Gasteiger partial charge in [0.2, 0.25) is 5.78 Å². The van der Waals surface area contributed by atoms with Gasteiger partial charge in [-0.2, -0.15) is 0 Å². The van der Waals surface area contributed by atoms with Crippen LogP contribution < -0.4 is 9.80 Å². The van der Waals surface area contributed by atoms with Crippen LogP contribution in [0.2, 0.25) is 0 Å². The molecule has 5 aromatic rings. The predicted octanol–water partition coefficient (Wildman–Crippen LogP) is 7.62. The Kier molecular flexibility index (Phi) is 6.01. The van der Waals surface area contributed by atoms with Crippen LogP contribution in [0.3, 0.4) is 0 Å². The first-order valence-corrected chi connectivity index (χ1v) is 13.9. The number of fused-ring (bicyclic) bond motifs is 3. The van der Waals surface area contributed by atoms with E-state index in [-0.39, 0.29) is 5.78 Å². The number of hydrogen-bond acceptors (Lipinski definition) is 7. The Bertz CT molecular complexity index is 1880. The third kappa shape index (κ3) is 4.01. The van der Waals surface area contributed by atoms with Crippen LogP contribution in [0.5, 0.6) is 0 Å². The van der Waals surface area contributed by atoms with Crippen LogP contribution in [0, 0.1) is 27.7 Å². The molecule has 42 heavy (non-hydrogen) atoms. The molecule has 0 amide bonds. The van der Waals surface area contributed by atoms with Crippen LogP contribution in [0.25, 0.3) is 16.6 Å². The molecule has 0 saturated heterocycles. The van der Waals surface area contributed by atoms with Crippen molar-refractivity contribution in [3.63, 3.8) is 0 Å². The average Bonchev–Trinajstić information content (AvgIpc) is 3.28. The SMILES string of the molecule is Cc1cccc(C)c1N1C(=C/C=C2/C=CC(=O)c3nccnc32)N(c2c(C)cccc2C)c2nc3ccccc3nc21. The van der Waals surface area contributed by atoms with E-state index in [0.717, 1.165) is 67.7 Å². The monoisotopic (exact) mass is 548 g/mol. The van der Waals surface area contributed by atoms with Gasteiger partial charge in [0.05, 0.1) is 28.1 Å². The van der Waals surface area contributed by atoms with Crippen LogP contribution in [0.1, 0.15) is 38.4 Å². The average molecular weight is 549 g/mol. The molecule has 1 aliphatic heterocycles. The molecule has 0 spiro atoms. The number of aryl methyl sites for hydroxylation is 4. The van der Waals surface area contributed by atoms with Crippen molar-refractivity contribution >= 4 is 45.4 Å². The quantitative estimate of drug-likeness (QED) is 0.230. The number of carbonyl (C=O) groups excluding carboxylic acids is 1. The van der Waals surface area contributed by atoms with Gasteiger partial charge in [-0.25, -0.2) is 15.0 Å². The number of allylic oxidation sites excluding steroid dienone is 5. The van der Waals surface area contributed by atoms with Crippen molar-refractivity contribution in [1.82, 2.24) is 19.9 Å². The zero-order chi connectivity index (χ0) is 29.0. The molecule has 7 rings (SSSR count). The summed E-state index contributed by atoms with van der Waals surface area (Å²) >= 11 is 0. The molecule has 3 aromatic carbocycles. The molecule has 0 saturated carbocycles. The van der Waals surface area contributed by atoms with Crippen molar-refractivity contribution in [2.75, 3.05) is 9.80 Å². The number of benzene rings is 3. The molecule has 2 aliphatic rings. The summed E-state index contributed by atoms with van der Waals surface area (Å²) in [7, 11) is 0. The summed E-state index contributed by atoms with van der Waals surface area (Å²) in [6.07, 6.45) is 10.6. The molecule has 2 aromatic heterocycles. The number of para-hydroxylation sites is 4. The van der Waals surface area contributed by atoms with Gasteiger partial charge in [0, 0.05) is 18.0 Å². The molecule has 0 fully saturated rings. The lowest BCUT2D eigenvalue weighted by atomic mass is 10.0. The maximum absolute atomic E-state index is 12.5. The van der Waals surface area contributed by atoms with Crippen molar-refractivity contribution in [2.24, 2.45) is 0 Å². The third-order valence-corrected chi connectivity index (χ3v) is 7.77. The predicted molar refractivity (Wildman–Crippen MR) is 167 cm³/mol. The van der Waals surface area contributed by atoms with Crippen LogP contribution in [0.4, 0.5) is 23.0 Å². The molecule has 0 atom stereocenters. The second kappa shape index (κ2) is 9.89. The molecular formula is C35H28N6O. The molecule has 1 aliphatic carbocycles. The van der Waals surface area contributed by atoms with E-state index in [1.165, 1.54) is 0 Å². The van der Waals surface area contributed by atoms with Crippen LogP contribution in [0.15, 0.2) is 103 Å². The number of carbonyl (C=O) groups is 1. The lowest BCUT2D eigenvalue weighted by Gasteiger charge is -2.28. The maximum atomic E-state index is 12.5. The fourth-order valence-electron chi connectivity index (χ4n) is 5.86. The summed E-state index contributed by atoms with van der Waals surface area (Å²) in [5.74, 6) is 2.24. The van der Waals surface area contributed by atoms with Gasteiger partial charge in [0.1, 0.15) is 11.5 Å². The van der Waals surface area contributed by atoms with Crippen molar-refractivity contribution in [1.29, 1.82) is 0 Å². The van der Waals surface area contributed by atoms with Gasteiger partial charge in [-0.1, -0.05) is 48.5 Å². The van der Waals surface area contributed by atoms with E-state index in [1.54, 1.807) is 24.5 Å². The minimum atomic E-state index is -0.148. The number of ketones is 1. The summed E-state index contributed by atoms with van der Waals surface area (Å²) in [5, 5.41) is 0. The molecule has 7 heteroatoms.